The van der Waals surface area contributed by atoms with Gasteiger partial charge in [0.1, 0.15) is 12.2 Å². The molecule has 1 saturated heterocycles. The Hall–Kier alpha value is -1.32. The molecule has 0 N–H and O–H groups in total. The van der Waals surface area contributed by atoms with Gasteiger partial charge >= 0.3 is 11.9 Å². The van der Waals surface area contributed by atoms with Gasteiger partial charge in [0, 0.05) is 12.0 Å². The summed E-state index contributed by atoms with van der Waals surface area (Å²) in [6.45, 7) is 6.99. The topological polar surface area (TPSA) is 52.6 Å². The molecule has 0 saturated carbocycles. The van der Waals surface area contributed by atoms with E-state index in [1.807, 2.05) is 6.92 Å². The van der Waals surface area contributed by atoms with Crippen LogP contribution in [-0.4, -0.2) is 24.1 Å². The maximum absolute atomic E-state index is 11.3. The van der Waals surface area contributed by atoms with Crippen LogP contribution in [0.15, 0.2) is 12.2 Å². The summed E-state index contributed by atoms with van der Waals surface area (Å²) in [5, 5.41) is 0. The molecule has 0 aliphatic carbocycles. The predicted octanol–water partition coefficient (Wildman–Crippen LogP) is 1.59. The Bertz CT molecular complexity index is 282. The van der Waals surface area contributed by atoms with Gasteiger partial charge in [-0.2, -0.15) is 0 Å². The van der Waals surface area contributed by atoms with Gasteiger partial charge in [-0.1, -0.05) is 13.5 Å². The second kappa shape index (κ2) is 4.96. The summed E-state index contributed by atoms with van der Waals surface area (Å²) in [6.07, 6.45) is 0.868. The Labute approximate surface area is 89.2 Å². The summed E-state index contributed by atoms with van der Waals surface area (Å²) < 4.78 is 10.3. The lowest BCUT2D eigenvalue weighted by molar-refractivity contribution is -0.175. The van der Waals surface area contributed by atoms with Crippen LogP contribution in [0.3, 0.4) is 0 Å². The van der Waals surface area contributed by atoms with Crippen molar-refractivity contribution in [3.63, 3.8) is 0 Å². The first-order valence-corrected chi connectivity index (χ1v) is 5.10. The molecule has 1 aliphatic heterocycles. The summed E-state index contributed by atoms with van der Waals surface area (Å²) in [7, 11) is 0. The average Bonchev–Trinajstić information content (AvgIpc) is 2.20. The maximum atomic E-state index is 11.3. The van der Waals surface area contributed by atoms with Crippen molar-refractivity contribution in [1.82, 2.24) is 0 Å². The molecule has 1 fully saturated rings. The third kappa shape index (κ3) is 3.08. The van der Waals surface area contributed by atoms with Crippen LogP contribution in [0.2, 0.25) is 0 Å². The minimum absolute atomic E-state index is 0.218. The standard InChI is InChI=1S/C11H16O4/c1-4-8-9(5-6-10(12)14-8)15-11(13)7(2)3/h8-9H,2,4-6H2,1,3H3. The zero-order chi connectivity index (χ0) is 11.4. The third-order valence-corrected chi connectivity index (χ3v) is 2.34. The van der Waals surface area contributed by atoms with Crippen molar-refractivity contribution < 1.29 is 19.1 Å². The minimum Gasteiger partial charge on any atom is -0.458 e. The van der Waals surface area contributed by atoms with Gasteiger partial charge < -0.3 is 9.47 Å². The van der Waals surface area contributed by atoms with Crippen molar-refractivity contribution in [1.29, 1.82) is 0 Å². The largest absolute Gasteiger partial charge is 0.458 e. The molecule has 1 heterocycles. The van der Waals surface area contributed by atoms with Gasteiger partial charge in [0.25, 0.3) is 0 Å². The van der Waals surface area contributed by atoms with Crippen LogP contribution >= 0.6 is 0 Å². The van der Waals surface area contributed by atoms with Crippen LogP contribution < -0.4 is 0 Å². The number of cyclic esters (lactones) is 1. The number of rotatable bonds is 3. The molecule has 0 amide bonds. The molecule has 2 atom stereocenters. The van der Waals surface area contributed by atoms with Crippen LogP contribution in [0.4, 0.5) is 0 Å². The molecule has 1 rings (SSSR count). The molecule has 84 valence electrons. The fourth-order valence-corrected chi connectivity index (χ4v) is 1.47. The van der Waals surface area contributed by atoms with E-state index in [0.29, 0.717) is 24.8 Å². The molecule has 1 aliphatic rings. The van der Waals surface area contributed by atoms with Crippen LogP contribution in [0.25, 0.3) is 0 Å². The van der Waals surface area contributed by atoms with Gasteiger partial charge in [-0.15, -0.1) is 0 Å². The number of ether oxygens (including phenoxy) is 2. The van der Waals surface area contributed by atoms with Crippen LogP contribution in [0.1, 0.15) is 33.1 Å². The molecular weight excluding hydrogens is 196 g/mol. The molecule has 0 aromatic carbocycles. The predicted molar refractivity (Wildman–Crippen MR) is 54.1 cm³/mol. The molecule has 0 bridgehead atoms. The van der Waals surface area contributed by atoms with E-state index in [2.05, 4.69) is 6.58 Å². The van der Waals surface area contributed by atoms with Gasteiger partial charge in [0.15, 0.2) is 0 Å². The van der Waals surface area contributed by atoms with Crippen LogP contribution in [0.5, 0.6) is 0 Å². The Morgan fingerprint density at radius 2 is 2.33 bits per heavy atom. The van der Waals surface area contributed by atoms with Crippen LogP contribution in [0, 0.1) is 0 Å². The van der Waals surface area contributed by atoms with E-state index in [0.717, 1.165) is 0 Å². The summed E-state index contributed by atoms with van der Waals surface area (Å²) in [5.41, 5.74) is 0.363. The first kappa shape index (κ1) is 11.8. The maximum Gasteiger partial charge on any atom is 0.333 e. The lowest BCUT2D eigenvalue weighted by Gasteiger charge is -2.29. The second-order valence-corrected chi connectivity index (χ2v) is 3.70. The average molecular weight is 212 g/mol. The summed E-state index contributed by atoms with van der Waals surface area (Å²) >= 11 is 0. The van der Waals surface area contributed by atoms with E-state index >= 15 is 0 Å². The molecule has 0 aromatic rings. The van der Waals surface area contributed by atoms with Crippen molar-refractivity contribution in [2.75, 3.05) is 0 Å². The monoisotopic (exact) mass is 212 g/mol. The number of hydrogen-bond donors (Lipinski definition) is 0. The molecule has 15 heavy (non-hydrogen) atoms. The fraction of sp³-hybridized carbons (Fsp3) is 0.636. The van der Waals surface area contributed by atoms with E-state index in [4.69, 9.17) is 9.47 Å². The zero-order valence-corrected chi connectivity index (χ0v) is 9.12. The highest BCUT2D eigenvalue weighted by Gasteiger charge is 2.32. The summed E-state index contributed by atoms with van der Waals surface area (Å²) in [4.78, 5) is 22.3. The lowest BCUT2D eigenvalue weighted by Crippen LogP contribution is -2.39. The minimum atomic E-state index is -0.420. The van der Waals surface area contributed by atoms with Crippen molar-refractivity contribution in [2.24, 2.45) is 0 Å². The lowest BCUT2D eigenvalue weighted by atomic mass is 10.0. The molecule has 4 heteroatoms. The Morgan fingerprint density at radius 3 is 2.87 bits per heavy atom. The Balaban J connectivity index is 2.56. The van der Waals surface area contributed by atoms with E-state index < -0.39 is 5.97 Å². The van der Waals surface area contributed by atoms with E-state index in [-0.39, 0.29) is 18.2 Å². The van der Waals surface area contributed by atoms with Crippen molar-refractivity contribution in [2.45, 2.75) is 45.3 Å². The van der Waals surface area contributed by atoms with Crippen LogP contribution in [-0.2, 0) is 19.1 Å². The number of esters is 2. The molecule has 2 unspecified atom stereocenters. The highest BCUT2D eigenvalue weighted by Crippen LogP contribution is 2.21. The highest BCUT2D eigenvalue weighted by molar-refractivity contribution is 5.87. The highest BCUT2D eigenvalue weighted by atomic mass is 16.6. The normalized spacial score (nSPS) is 25.6. The second-order valence-electron chi connectivity index (χ2n) is 3.70. The Kier molecular flexibility index (Phi) is 3.88. The number of hydrogen-bond acceptors (Lipinski definition) is 4. The Morgan fingerprint density at radius 1 is 1.67 bits per heavy atom. The van der Waals surface area contributed by atoms with E-state index in [9.17, 15) is 9.59 Å². The zero-order valence-electron chi connectivity index (χ0n) is 9.12. The first-order valence-electron chi connectivity index (χ1n) is 5.10. The summed E-state index contributed by atoms with van der Waals surface area (Å²) in [6, 6.07) is 0. The smallest absolute Gasteiger partial charge is 0.333 e. The van der Waals surface area contributed by atoms with E-state index in [1.165, 1.54) is 0 Å². The number of carbonyl (C=O) groups excluding carboxylic acids is 2. The van der Waals surface area contributed by atoms with Gasteiger partial charge in [-0.3, -0.25) is 4.79 Å². The van der Waals surface area contributed by atoms with Gasteiger partial charge in [-0.05, 0) is 19.8 Å². The quantitative estimate of drug-likeness (QED) is 0.526. The van der Waals surface area contributed by atoms with Crippen molar-refractivity contribution >= 4 is 11.9 Å². The number of carbonyl (C=O) groups is 2. The van der Waals surface area contributed by atoms with E-state index in [1.54, 1.807) is 6.92 Å². The molecular formula is C11H16O4. The van der Waals surface area contributed by atoms with Crippen molar-refractivity contribution in [3.8, 4) is 0 Å². The fourth-order valence-electron chi connectivity index (χ4n) is 1.47. The summed E-state index contributed by atoms with van der Waals surface area (Å²) in [5.74, 6) is -0.638. The third-order valence-electron chi connectivity index (χ3n) is 2.34. The first-order chi connectivity index (χ1) is 7.04. The molecule has 0 radical (unpaired) electrons. The van der Waals surface area contributed by atoms with Gasteiger partial charge in [0.05, 0.1) is 0 Å². The van der Waals surface area contributed by atoms with Gasteiger partial charge in [-0.25, -0.2) is 4.79 Å². The SMILES string of the molecule is C=C(C)C(=O)OC1CCC(=O)OC1CC. The van der Waals surface area contributed by atoms with Crippen molar-refractivity contribution in [3.05, 3.63) is 12.2 Å². The molecule has 0 aromatic heterocycles. The molecule has 4 nitrogen and oxygen atoms in total. The van der Waals surface area contributed by atoms with Gasteiger partial charge in [0.2, 0.25) is 0 Å². The molecule has 0 spiro atoms.